The van der Waals surface area contributed by atoms with Crippen LogP contribution in [0.25, 0.3) is 0 Å². The summed E-state index contributed by atoms with van der Waals surface area (Å²) < 4.78 is 0. The first-order valence-corrected chi connectivity index (χ1v) is 7.90. The summed E-state index contributed by atoms with van der Waals surface area (Å²) in [7, 11) is 0. The molecule has 110 valence electrons. The molecule has 5 heteroatoms. The van der Waals surface area contributed by atoms with Gasteiger partial charge >= 0.3 is 0 Å². The van der Waals surface area contributed by atoms with Crippen LogP contribution in [0.4, 0.5) is 0 Å². The molecule has 1 aromatic rings. The van der Waals surface area contributed by atoms with E-state index in [-0.39, 0.29) is 22.7 Å². The Kier molecular flexibility index (Phi) is 5.55. The summed E-state index contributed by atoms with van der Waals surface area (Å²) in [5, 5.41) is 9.64. The van der Waals surface area contributed by atoms with E-state index in [1.165, 1.54) is 18.6 Å². The van der Waals surface area contributed by atoms with E-state index in [1.54, 1.807) is 6.07 Å². The first-order valence-electron chi connectivity index (χ1n) is 6.99. The number of aromatic hydroxyl groups is 1. The molecule has 0 aromatic heterocycles. The predicted octanol–water partition coefficient (Wildman–Crippen LogP) is 4.06. The smallest absolute Gasteiger partial charge is 0.254 e. The number of benzene rings is 1. The summed E-state index contributed by atoms with van der Waals surface area (Å²) in [6.45, 7) is 0.545. The molecule has 0 radical (unpaired) electrons. The number of alkyl halides is 1. The van der Waals surface area contributed by atoms with Crippen molar-refractivity contribution in [3.05, 3.63) is 28.8 Å². The summed E-state index contributed by atoms with van der Waals surface area (Å²) >= 11 is 11.7. The molecule has 1 amide bonds. The Balaban J connectivity index is 2.18. The Morgan fingerprint density at radius 3 is 2.60 bits per heavy atom. The van der Waals surface area contributed by atoms with E-state index in [9.17, 15) is 9.90 Å². The van der Waals surface area contributed by atoms with Crippen molar-refractivity contribution in [3.8, 4) is 5.75 Å². The van der Waals surface area contributed by atoms with Gasteiger partial charge in [0, 0.05) is 24.0 Å². The Morgan fingerprint density at radius 2 is 2.00 bits per heavy atom. The predicted molar refractivity (Wildman–Crippen MR) is 81.7 cm³/mol. The van der Waals surface area contributed by atoms with Gasteiger partial charge in [-0.1, -0.05) is 30.9 Å². The summed E-state index contributed by atoms with van der Waals surface area (Å²) in [6, 6.07) is 4.84. The first kappa shape index (κ1) is 15.5. The third-order valence-electron chi connectivity index (χ3n) is 3.80. The molecular weight excluding hydrogens is 297 g/mol. The number of hydrogen-bond donors (Lipinski definition) is 1. The molecule has 0 heterocycles. The number of phenols is 1. The van der Waals surface area contributed by atoms with Crippen molar-refractivity contribution < 1.29 is 9.90 Å². The molecule has 0 bridgehead atoms. The number of halogens is 2. The van der Waals surface area contributed by atoms with E-state index in [4.69, 9.17) is 23.2 Å². The van der Waals surface area contributed by atoms with Gasteiger partial charge in [0.05, 0.1) is 5.02 Å². The van der Waals surface area contributed by atoms with Gasteiger partial charge in [0.15, 0.2) is 0 Å². The molecule has 0 atom stereocenters. The van der Waals surface area contributed by atoms with Crippen LogP contribution >= 0.6 is 23.2 Å². The molecule has 2 rings (SSSR count). The molecule has 0 aliphatic heterocycles. The van der Waals surface area contributed by atoms with Crippen LogP contribution < -0.4 is 0 Å². The summed E-state index contributed by atoms with van der Waals surface area (Å²) in [5.41, 5.74) is 0.503. The molecule has 0 saturated heterocycles. The minimum absolute atomic E-state index is 0.00947. The number of carbonyl (C=O) groups excluding carboxylic acids is 1. The molecule has 20 heavy (non-hydrogen) atoms. The van der Waals surface area contributed by atoms with E-state index >= 15 is 0 Å². The van der Waals surface area contributed by atoms with Crippen molar-refractivity contribution in [2.24, 2.45) is 0 Å². The number of carbonyl (C=O) groups is 1. The lowest BCUT2D eigenvalue weighted by Gasteiger charge is -2.34. The van der Waals surface area contributed by atoms with Crippen molar-refractivity contribution in [2.45, 2.75) is 38.1 Å². The lowest BCUT2D eigenvalue weighted by Crippen LogP contribution is -2.42. The highest BCUT2D eigenvalue weighted by atomic mass is 35.5. The van der Waals surface area contributed by atoms with Gasteiger partial charge in [-0.2, -0.15) is 0 Å². The maximum absolute atomic E-state index is 12.6. The number of amides is 1. The van der Waals surface area contributed by atoms with Crippen molar-refractivity contribution in [3.63, 3.8) is 0 Å². The number of nitrogens with zero attached hydrogens (tertiary/aromatic N) is 1. The zero-order valence-corrected chi connectivity index (χ0v) is 12.8. The maximum Gasteiger partial charge on any atom is 0.254 e. The Bertz CT molecular complexity index is 473. The van der Waals surface area contributed by atoms with Crippen LogP contribution in [0.15, 0.2) is 18.2 Å². The van der Waals surface area contributed by atoms with Gasteiger partial charge in [-0.25, -0.2) is 0 Å². The normalized spacial score (nSPS) is 16.1. The van der Waals surface area contributed by atoms with Crippen molar-refractivity contribution in [1.82, 2.24) is 4.90 Å². The van der Waals surface area contributed by atoms with Crippen LogP contribution in [0.2, 0.25) is 5.02 Å². The van der Waals surface area contributed by atoms with Crippen molar-refractivity contribution in [1.29, 1.82) is 0 Å². The van der Waals surface area contributed by atoms with Gasteiger partial charge in [-0.05, 0) is 31.0 Å². The SMILES string of the molecule is O=C(c1ccc(O)c(Cl)c1)N(CCCl)C1CCCCC1. The third kappa shape index (κ3) is 3.58. The molecule has 1 fully saturated rings. The quantitative estimate of drug-likeness (QED) is 0.851. The van der Waals surface area contributed by atoms with Crippen LogP contribution in [-0.2, 0) is 0 Å². The molecule has 1 aliphatic rings. The van der Waals surface area contributed by atoms with E-state index in [1.807, 2.05) is 4.90 Å². The fraction of sp³-hybridized carbons (Fsp3) is 0.533. The van der Waals surface area contributed by atoms with Gasteiger partial charge in [-0.3, -0.25) is 4.79 Å². The zero-order valence-electron chi connectivity index (χ0n) is 11.3. The second kappa shape index (κ2) is 7.19. The average molecular weight is 316 g/mol. The Labute approximate surface area is 129 Å². The molecular formula is C15H19Cl2NO2. The number of phenolic OH excluding ortho intramolecular Hbond substituents is 1. The highest BCUT2D eigenvalue weighted by Crippen LogP contribution is 2.27. The Morgan fingerprint density at radius 1 is 1.30 bits per heavy atom. The summed E-state index contributed by atoms with van der Waals surface area (Å²) in [4.78, 5) is 14.5. The molecule has 1 saturated carbocycles. The van der Waals surface area contributed by atoms with Crippen LogP contribution in [0.3, 0.4) is 0 Å². The van der Waals surface area contributed by atoms with Crippen LogP contribution in [0, 0.1) is 0 Å². The number of rotatable bonds is 4. The van der Waals surface area contributed by atoms with E-state index < -0.39 is 0 Å². The molecule has 0 spiro atoms. The molecule has 1 N–H and O–H groups in total. The number of hydrogen-bond acceptors (Lipinski definition) is 2. The Hall–Kier alpha value is -0.930. The summed E-state index contributed by atoms with van der Waals surface area (Å²) in [5.74, 6) is 0.359. The van der Waals surface area contributed by atoms with Crippen LogP contribution in [0.1, 0.15) is 42.5 Å². The van der Waals surface area contributed by atoms with Gasteiger partial charge in [0.1, 0.15) is 5.75 Å². The fourth-order valence-electron chi connectivity index (χ4n) is 2.74. The van der Waals surface area contributed by atoms with Gasteiger partial charge in [0.2, 0.25) is 0 Å². The van der Waals surface area contributed by atoms with Gasteiger partial charge < -0.3 is 10.0 Å². The van der Waals surface area contributed by atoms with Crippen LogP contribution in [0.5, 0.6) is 5.75 Å². The van der Waals surface area contributed by atoms with E-state index in [0.29, 0.717) is 18.0 Å². The van der Waals surface area contributed by atoms with Gasteiger partial charge in [0.25, 0.3) is 5.91 Å². The van der Waals surface area contributed by atoms with Crippen molar-refractivity contribution in [2.75, 3.05) is 12.4 Å². The highest BCUT2D eigenvalue weighted by molar-refractivity contribution is 6.32. The summed E-state index contributed by atoms with van der Waals surface area (Å²) in [6.07, 6.45) is 5.63. The minimum Gasteiger partial charge on any atom is -0.506 e. The second-order valence-electron chi connectivity index (χ2n) is 5.15. The molecule has 0 unspecified atom stereocenters. The second-order valence-corrected chi connectivity index (χ2v) is 5.93. The third-order valence-corrected chi connectivity index (χ3v) is 4.27. The first-order chi connectivity index (χ1) is 9.63. The lowest BCUT2D eigenvalue weighted by atomic mass is 9.93. The van der Waals surface area contributed by atoms with E-state index in [2.05, 4.69) is 0 Å². The average Bonchev–Trinajstić information content (AvgIpc) is 2.48. The molecule has 1 aliphatic carbocycles. The molecule has 1 aromatic carbocycles. The zero-order chi connectivity index (χ0) is 14.5. The van der Waals surface area contributed by atoms with Gasteiger partial charge in [-0.15, -0.1) is 11.6 Å². The lowest BCUT2D eigenvalue weighted by molar-refractivity contribution is 0.0649. The van der Waals surface area contributed by atoms with Crippen LogP contribution in [-0.4, -0.2) is 34.4 Å². The molecule has 3 nitrogen and oxygen atoms in total. The maximum atomic E-state index is 12.6. The topological polar surface area (TPSA) is 40.5 Å². The monoisotopic (exact) mass is 315 g/mol. The van der Waals surface area contributed by atoms with E-state index in [0.717, 1.165) is 25.7 Å². The standard InChI is InChI=1S/C15H19Cl2NO2/c16-8-9-18(12-4-2-1-3-5-12)15(20)11-6-7-14(19)13(17)10-11/h6-7,10,12,19H,1-5,8-9H2. The minimum atomic E-state index is -0.0561. The largest absolute Gasteiger partial charge is 0.506 e. The fourth-order valence-corrected chi connectivity index (χ4v) is 3.10. The highest BCUT2D eigenvalue weighted by Gasteiger charge is 2.26. The van der Waals surface area contributed by atoms with Crippen molar-refractivity contribution >= 4 is 29.1 Å².